The van der Waals surface area contributed by atoms with E-state index in [-0.39, 0.29) is 5.82 Å². The first kappa shape index (κ1) is 118. The van der Waals surface area contributed by atoms with Crippen molar-refractivity contribution in [2.45, 2.75) is 366 Å². The van der Waals surface area contributed by atoms with Gasteiger partial charge < -0.3 is 280 Å². The lowest BCUT2D eigenvalue weighted by molar-refractivity contribution is -0.406. The lowest BCUT2D eigenvalue weighted by Crippen LogP contribution is -2.71. The van der Waals surface area contributed by atoms with E-state index in [9.17, 15) is 177 Å². The Balaban J connectivity index is 0.996. The number of carbonyl (C=O) groups is 5. The highest BCUT2D eigenvalue weighted by atomic mass is 16.8. The predicted molar refractivity (Wildman–Crippen MR) is 448 cm³/mol. The summed E-state index contributed by atoms with van der Waals surface area (Å²) in [6.45, 7) is -9.04. The second-order valence-electron chi connectivity index (χ2n) is 35.7. The molecular weight excluding hydrogens is 1950 g/mol. The Morgan fingerprint density at radius 3 is 1.03 bits per heavy atom. The number of aromatic nitrogens is 1. The minimum atomic E-state index is -2.78. The highest BCUT2D eigenvalue weighted by Gasteiger charge is 2.63. The van der Waals surface area contributed by atoms with Gasteiger partial charge >= 0.3 is 0 Å². The van der Waals surface area contributed by atoms with Crippen LogP contribution in [0.25, 0.3) is 0 Å². The maximum atomic E-state index is 13.5. The minimum absolute atomic E-state index is 0.202. The fourth-order valence-corrected chi connectivity index (χ4v) is 18.1. The Hall–Kier alpha value is -5.70. The lowest BCUT2D eigenvalue weighted by Gasteiger charge is -2.52. The summed E-state index contributed by atoms with van der Waals surface area (Å²) >= 11 is 0. The van der Waals surface area contributed by atoms with Crippen molar-refractivity contribution < 1.29 is 272 Å². The van der Waals surface area contributed by atoms with Crippen molar-refractivity contribution in [3.8, 4) is 0 Å². The van der Waals surface area contributed by atoms with Gasteiger partial charge in [-0.15, -0.1) is 0 Å². The van der Waals surface area contributed by atoms with Crippen LogP contribution in [-0.4, -0.2) is 598 Å². The van der Waals surface area contributed by atoms with E-state index in [0.29, 0.717) is 0 Å². The number of hydrogen-bond acceptors (Lipinski definition) is 57. The molecule has 5 amide bonds. The summed E-state index contributed by atoms with van der Waals surface area (Å²) in [5, 5.41) is 355. The van der Waals surface area contributed by atoms with Crippen molar-refractivity contribution in [1.29, 1.82) is 0 Å². The number of rotatable bonds is 42. The molecule has 11 rings (SSSR count). The van der Waals surface area contributed by atoms with Crippen LogP contribution in [0.3, 0.4) is 0 Å². The number of pyridine rings is 1. The third kappa shape index (κ3) is 27.3. The summed E-state index contributed by atoms with van der Waals surface area (Å²) in [7, 11) is 0. The van der Waals surface area contributed by atoms with Crippen LogP contribution in [0.1, 0.15) is 34.6 Å². The largest absolute Gasteiger partial charge is 0.394 e. The van der Waals surface area contributed by atoms with E-state index >= 15 is 0 Å². The van der Waals surface area contributed by atoms with Gasteiger partial charge in [0.25, 0.3) is 0 Å². The van der Waals surface area contributed by atoms with Crippen LogP contribution in [-0.2, 0) is 119 Å². The normalized spacial score (nSPS) is 45.0. The zero-order valence-electron chi connectivity index (χ0n) is 77.0. The monoisotopic (exact) mass is 2080 g/mol. The molecule has 0 radical (unpaired) electrons. The molecule has 62 heteroatoms. The quantitative estimate of drug-likeness (QED) is 0.0289. The smallest absolute Gasteiger partial charge is 0.217 e. The summed E-state index contributed by atoms with van der Waals surface area (Å²) in [5.74, 6) is -4.69. The summed E-state index contributed by atoms with van der Waals surface area (Å²) in [6.07, 6.45) is -107. The van der Waals surface area contributed by atoms with Crippen molar-refractivity contribution in [3.05, 3.63) is 24.4 Å². The topological polar surface area (TPSA) is 962 Å². The van der Waals surface area contributed by atoms with Crippen molar-refractivity contribution in [1.82, 2.24) is 31.6 Å². The van der Waals surface area contributed by atoms with Crippen LogP contribution in [0.2, 0.25) is 0 Å². The molecule has 0 unspecified atom stereocenters. The third-order valence-corrected chi connectivity index (χ3v) is 25.6. The van der Waals surface area contributed by atoms with Crippen LogP contribution in [0, 0.1) is 0 Å². The predicted octanol–water partition coefficient (Wildman–Crippen LogP) is -23.1. The van der Waals surface area contributed by atoms with E-state index in [4.69, 9.17) is 94.7 Å². The summed E-state index contributed by atoms with van der Waals surface area (Å²) in [4.78, 5) is 70.2. The molecule has 54 atom stereocenters. The molecule has 62 nitrogen and oxygen atoms in total. The molecule has 822 valence electrons. The van der Waals surface area contributed by atoms with Gasteiger partial charge in [0, 0.05) is 47.4 Å². The molecule has 1 aromatic heterocycles. The van der Waals surface area contributed by atoms with Gasteiger partial charge in [-0.25, -0.2) is 4.98 Å². The SMILES string of the molecule is CC(=O)N[C@H]1[C@H](O[C@@H]([C@H](O)[C@H](CNc2ccccn2)NC(C)=O)[C@H](O)CO)O[C@H](CO)[C@@H](O[C@@H]2O[C@H](CO[C@H]3O[C@H](CO)[C@@H](O)[C@H](O)[C@@H]3O[C@@H]3O[C@H](CO)[C@@H](O[C@@H]4O[C@H](CO)[C@H](O)[C@H](O)[C@H]4O)[C@H](O)[C@H]3NC(C)=O)[C@@H](O)[C@H](O[C@H]3O[C@H](CO)[C@@H](O[C@@H]4O[C@H](CO)[C@@H](O)[C@H](O[C@@H]5O[C@H](CO)[C@H](O)[C@H](O)[C@H]5O)[C@H]4NC(C)=O)[C@H](O)[C@@H]3O[C@@H]3O[C@H](CO)[C@@H](O[C@@H]4O[C@H](CO)[C@H](O)[C@H](O)[C@H]4O)[C@H](O)[C@H]3NC(C)=O)[C@@H]2O)[C@@H]1O. The second kappa shape index (κ2) is 52.8. The number of nitrogens with one attached hydrogen (secondary N) is 6. The van der Waals surface area contributed by atoms with E-state index in [1.54, 1.807) is 12.1 Å². The number of amides is 5. The van der Waals surface area contributed by atoms with Gasteiger partial charge in [0.1, 0.15) is 268 Å². The van der Waals surface area contributed by atoms with E-state index in [1.807, 2.05) is 0 Å². The molecule has 0 spiro atoms. The van der Waals surface area contributed by atoms with Crippen LogP contribution in [0.5, 0.6) is 0 Å². The maximum Gasteiger partial charge on any atom is 0.217 e. The van der Waals surface area contributed by atoms with Gasteiger partial charge in [-0.2, -0.15) is 0 Å². The molecule has 36 N–H and O–H groups in total. The molecular formula is C81H133N7O55. The van der Waals surface area contributed by atoms with Crippen molar-refractivity contribution >= 4 is 35.4 Å². The fraction of sp³-hybridized carbons (Fsp3) is 0.877. The van der Waals surface area contributed by atoms with Crippen LogP contribution >= 0.6 is 0 Å². The summed E-state index contributed by atoms with van der Waals surface area (Å²) in [5.41, 5.74) is 0. The van der Waals surface area contributed by atoms with Crippen LogP contribution in [0.15, 0.2) is 24.4 Å². The van der Waals surface area contributed by atoms with E-state index < -0.39 is 440 Å². The summed E-state index contributed by atoms with van der Waals surface area (Å²) in [6, 6.07) is -5.12. The Kier molecular flexibility index (Phi) is 43.4. The molecule has 10 saturated heterocycles. The van der Waals surface area contributed by atoms with E-state index in [1.165, 1.54) is 12.3 Å². The number of ether oxygens (including phenoxy) is 20. The number of aliphatic hydroxyl groups is 30. The number of hydrogen-bond donors (Lipinski definition) is 36. The fourth-order valence-electron chi connectivity index (χ4n) is 18.1. The van der Waals surface area contributed by atoms with Crippen LogP contribution in [0.4, 0.5) is 5.82 Å². The van der Waals surface area contributed by atoms with Crippen LogP contribution < -0.4 is 31.9 Å². The molecule has 0 bridgehead atoms. The van der Waals surface area contributed by atoms with Gasteiger partial charge in [-0.3, -0.25) is 24.0 Å². The lowest BCUT2D eigenvalue weighted by atomic mass is 9.93. The first-order valence-corrected chi connectivity index (χ1v) is 45.6. The Morgan fingerprint density at radius 1 is 0.308 bits per heavy atom. The maximum absolute atomic E-state index is 13.5. The first-order valence-electron chi connectivity index (χ1n) is 45.6. The van der Waals surface area contributed by atoms with Gasteiger partial charge in [0.05, 0.1) is 78.7 Å². The van der Waals surface area contributed by atoms with Crippen molar-refractivity contribution in [2.24, 2.45) is 0 Å². The number of carbonyl (C=O) groups excluding carboxylic acids is 5. The zero-order valence-corrected chi connectivity index (χ0v) is 77.0. The van der Waals surface area contributed by atoms with Gasteiger partial charge in [0.15, 0.2) is 62.9 Å². The van der Waals surface area contributed by atoms with Gasteiger partial charge in [-0.1, -0.05) is 6.07 Å². The Bertz CT molecular complexity index is 4080. The molecule has 10 aliphatic heterocycles. The minimum Gasteiger partial charge on any atom is -0.394 e. The van der Waals surface area contributed by atoms with E-state index in [0.717, 1.165) is 34.6 Å². The average molecular weight is 2080 g/mol. The average Bonchev–Trinajstić information content (AvgIpc) is 0.755. The zero-order chi connectivity index (χ0) is 105. The first-order chi connectivity index (χ1) is 67.9. The van der Waals surface area contributed by atoms with Crippen molar-refractivity contribution in [2.75, 3.05) is 84.5 Å². The number of nitrogens with zero attached hydrogens (tertiary/aromatic N) is 1. The highest BCUT2D eigenvalue weighted by molar-refractivity contribution is 5.75. The molecule has 0 saturated carbocycles. The standard InChI is InChI=1S/C81H133N7O55/c1-22(99)84-27(10-83-39-8-6-7-9-82-39)44(105)63(28(104)11-89)135-72-40(85-23(2)100)51(112)66(36(19-97)130-72)139-79-62(123)69(50(111)38(134-79)21-124-80-70(57(118)48(109)32(15-93)129-80)142-73-41(86-24(3)101)52(113)64(34(17-95)131-73)137-76-58(119)54(115)45(106)29(12-90)126-76)141-81-71(143-74-42(87-25(4)102)53(114)65(35(18-96)132-74)138-77-59(120)55(116)46(107)30(13-91)127-77)61(122)67(37(20-98)133-81)136-75-43(88-26(5)103)68(49(110)33(16-94)125-75)140-78-60(121)56(117)47(108)31(14-92)128-78/h6-9,27-38,40-81,89-98,104-123H,10-21H2,1-5H3,(H,82,83)(H,84,99)(H,85,100)(H,86,101)(H,87,102)(H,88,103)/t27-,28+,29+,30+,31+,32+,33+,34+,35+,36+,37+,38+,40+,41+,42+,43+,44+,45-,46-,47-,48+,49+,50+,51+,52+,53+,54-,55-,56-,57-,58+,59+,60+,61-,62-,63+,64+,65+,66+,67+,68+,69-,70-,71-,72-,73-,74-,75-,76-,77-,78-,79-,80-,81+/m0/s1. The molecule has 143 heavy (non-hydrogen) atoms. The number of aliphatic hydroxyl groups excluding tert-OH is 30. The molecule has 1 aromatic rings. The second-order valence-corrected chi connectivity index (χ2v) is 35.7. The summed E-state index contributed by atoms with van der Waals surface area (Å²) < 4.78 is 122. The highest BCUT2D eigenvalue weighted by Crippen LogP contribution is 2.42. The van der Waals surface area contributed by atoms with Gasteiger partial charge in [-0.05, 0) is 12.1 Å². The van der Waals surface area contributed by atoms with Crippen molar-refractivity contribution in [3.63, 3.8) is 0 Å². The Morgan fingerprint density at radius 2 is 0.622 bits per heavy atom. The molecule has 10 aliphatic rings. The molecule has 0 aromatic carbocycles. The molecule has 11 heterocycles. The van der Waals surface area contributed by atoms with Gasteiger partial charge in [0.2, 0.25) is 29.5 Å². The Labute approximate surface area is 811 Å². The third-order valence-electron chi connectivity index (χ3n) is 25.6. The van der Waals surface area contributed by atoms with E-state index in [2.05, 4.69) is 36.9 Å². The molecule has 10 fully saturated rings. The molecule has 0 aliphatic carbocycles. The number of anilines is 1.